The number of aryl methyl sites for hydroxylation is 1. The number of nitrogens with one attached hydrogen (secondary N) is 1. The Hall–Kier alpha value is -1.17. The number of nitrogens with zero attached hydrogens (tertiary/aromatic N) is 1. The maximum Gasteiger partial charge on any atom is 0.231 e. The standard InChI is InChI=1S/C16H19N3OS.ClH/c1-8-3-2-4-11-14(8)18-16(21-11)19-15(20)12-9-5-6-10(7-9)13(12)17;/h2-4,9-10,12-13H,5-7,17H2,1H3,(H,18,19,20);1H. The number of carbonyl (C=O) groups is 1. The molecule has 4 rings (SSSR count). The zero-order valence-electron chi connectivity index (χ0n) is 12.4. The second-order valence-corrected chi connectivity index (χ2v) is 7.40. The van der Waals surface area contributed by atoms with E-state index in [1.807, 2.05) is 25.1 Å². The fourth-order valence-electron chi connectivity index (χ4n) is 4.05. The van der Waals surface area contributed by atoms with Gasteiger partial charge in [-0.2, -0.15) is 0 Å². The molecule has 2 aliphatic rings. The molecule has 0 spiro atoms. The van der Waals surface area contributed by atoms with E-state index in [1.165, 1.54) is 17.8 Å². The summed E-state index contributed by atoms with van der Waals surface area (Å²) < 4.78 is 1.11. The van der Waals surface area contributed by atoms with Gasteiger partial charge in [-0.1, -0.05) is 23.5 Å². The third-order valence-corrected chi connectivity index (χ3v) is 6.07. The molecule has 6 heteroatoms. The van der Waals surface area contributed by atoms with Crippen molar-refractivity contribution in [3.63, 3.8) is 0 Å². The predicted molar refractivity (Wildman–Crippen MR) is 92.5 cm³/mol. The van der Waals surface area contributed by atoms with Gasteiger partial charge < -0.3 is 11.1 Å². The minimum Gasteiger partial charge on any atom is -0.327 e. The molecule has 1 aromatic carbocycles. The van der Waals surface area contributed by atoms with Gasteiger partial charge in [-0.3, -0.25) is 4.79 Å². The Morgan fingerprint density at radius 1 is 1.36 bits per heavy atom. The Morgan fingerprint density at radius 2 is 2.14 bits per heavy atom. The molecule has 3 N–H and O–H groups in total. The smallest absolute Gasteiger partial charge is 0.231 e. The molecule has 4 atom stereocenters. The maximum absolute atomic E-state index is 12.6. The van der Waals surface area contributed by atoms with E-state index in [-0.39, 0.29) is 30.3 Å². The highest BCUT2D eigenvalue weighted by molar-refractivity contribution is 7.22. The quantitative estimate of drug-likeness (QED) is 0.883. The van der Waals surface area contributed by atoms with Crippen molar-refractivity contribution in [2.45, 2.75) is 32.2 Å². The number of rotatable bonds is 2. The molecule has 118 valence electrons. The summed E-state index contributed by atoms with van der Waals surface area (Å²) >= 11 is 1.54. The van der Waals surface area contributed by atoms with E-state index in [9.17, 15) is 4.79 Å². The maximum atomic E-state index is 12.6. The third kappa shape index (κ3) is 2.41. The van der Waals surface area contributed by atoms with Gasteiger partial charge in [0.15, 0.2) is 5.13 Å². The van der Waals surface area contributed by atoms with Crippen molar-refractivity contribution in [2.24, 2.45) is 23.5 Å². The summed E-state index contributed by atoms with van der Waals surface area (Å²) in [6.07, 6.45) is 3.46. The number of anilines is 1. The molecule has 2 aromatic rings. The summed E-state index contributed by atoms with van der Waals surface area (Å²) in [7, 11) is 0. The molecule has 0 saturated heterocycles. The summed E-state index contributed by atoms with van der Waals surface area (Å²) in [4.78, 5) is 17.1. The molecule has 0 radical (unpaired) electrons. The molecule has 1 heterocycles. The van der Waals surface area contributed by atoms with Gasteiger partial charge in [-0.25, -0.2) is 4.98 Å². The second-order valence-electron chi connectivity index (χ2n) is 6.37. The number of carbonyl (C=O) groups excluding carboxylic acids is 1. The summed E-state index contributed by atoms with van der Waals surface area (Å²) in [6, 6.07) is 6.13. The molecule has 2 saturated carbocycles. The lowest BCUT2D eigenvalue weighted by Crippen LogP contribution is -2.42. The molecule has 2 bridgehead atoms. The molecule has 4 nitrogen and oxygen atoms in total. The minimum atomic E-state index is -0.0307. The van der Waals surface area contributed by atoms with E-state index < -0.39 is 0 Å². The van der Waals surface area contributed by atoms with Crippen molar-refractivity contribution in [3.8, 4) is 0 Å². The zero-order valence-corrected chi connectivity index (χ0v) is 14.0. The Morgan fingerprint density at radius 3 is 2.82 bits per heavy atom. The van der Waals surface area contributed by atoms with Crippen molar-refractivity contribution in [1.29, 1.82) is 0 Å². The van der Waals surface area contributed by atoms with Crippen LogP contribution in [0.1, 0.15) is 24.8 Å². The van der Waals surface area contributed by atoms with E-state index in [4.69, 9.17) is 5.73 Å². The van der Waals surface area contributed by atoms with Crippen LogP contribution in [0.5, 0.6) is 0 Å². The topological polar surface area (TPSA) is 68.0 Å². The molecule has 2 fully saturated rings. The zero-order chi connectivity index (χ0) is 14.6. The molecule has 1 aromatic heterocycles. The number of amides is 1. The average molecular weight is 338 g/mol. The number of aromatic nitrogens is 1. The lowest BCUT2D eigenvalue weighted by molar-refractivity contribution is -0.121. The number of fused-ring (bicyclic) bond motifs is 3. The van der Waals surface area contributed by atoms with Gasteiger partial charge in [0.2, 0.25) is 5.91 Å². The van der Waals surface area contributed by atoms with E-state index in [0.29, 0.717) is 17.0 Å². The Kier molecular flexibility index (Phi) is 4.14. The molecule has 0 aliphatic heterocycles. The van der Waals surface area contributed by atoms with Gasteiger partial charge in [-0.15, -0.1) is 12.4 Å². The third-order valence-electron chi connectivity index (χ3n) is 5.13. The van der Waals surface area contributed by atoms with Gasteiger partial charge in [0.05, 0.1) is 16.1 Å². The number of thiazole rings is 1. The van der Waals surface area contributed by atoms with Crippen molar-refractivity contribution in [1.82, 2.24) is 4.98 Å². The number of nitrogens with two attached hydrogens (primary N) is 1. The van der Waals surface area contributed by atoms with Crippen molar-refractivity contribution in [2.75, 3.05) is 5.32 Å². The van der Waals surface area contributed by atoms with E-state index in [2.05, 4.69) is 10.3 Å². The van der Waals surface area contributed by atoms with Crippen LogP contribution in [0.4, 0.5) is 5.13 Å². The summed E-state index contributed by atoms with van der Waals surface area (Å²) in [5, 5.41) is 3.70. The lowest BCUT2D eigenvalue weighted by atomic mass is 9.84. The highest BCUT2D eigenvalue weighted by Gasteiger charge is 2.49. The molecular weight excluding hydrogens is 318 g/mol. The van der Waals surface area contributed by atoms with Crippen LogP contribution in [0.15, 0.2) is 18.2 Å². The van der Waals surface area contributed by atoms with E-state index in [0.717, 1.165) is 28.6 Å². The monoisotopic (exact) mass is 337 g/mol. The first-order valence-electron chi connectivity index (χ1n) is 7.56. The van der Waals surface area contributed by atoms with Gasteiger partial charge in [0.25, 0.3) is 0 Å². The number of benzene rings is 1. The van der Waals surface area contributed by atoms with Crippen LogP contribution in [0.25, 0.3) is 10.2 Å². The Labute approximate surface area is 139 Å². The lowest BCUT2D eigenvalue weighted by Gasteiger charge is -2.26. The van der Waals surface area contributed by atoms with E-state index in [1.54, 1.807) is 0 Å². The van der Waals surface area contributed by atoms with Gasteiger partial charge >= 0.3 is 0 Å². The minimum absolute atomic E-state index is 0. The number of hydrogen-bond donors (Lipinski definition) is 2. The second kappa shape index (κ2) is 5.80. The normalized spacial score (nSPS) is 29.5. The van der Waals surface area contributed by atoms with Crippen molar-refractivity contribution < 1.29 is 4.79 Å². The van der Waals surface area contributed by atoms with Crippen LogP contribution < -0.4 is 11.1 Å². The first-order valence-corrected chi connectivity index (χ1v) is 8.38. The molecule has 22 heavy (non-hydrogen) atoms. The van der Waals surface area contributed by atoms with Crippen LogP contribution in [0.3, 0.4) is 0 Å². The fraction of sp³-hybridized carbons (Fsp3) is 0.500. The SMILES string of the molecule is Cc1cccc2sc(NC(=O)C3C4CCC(C4)C3N)nc12.Cl. The van der Waals surface area contributed by atoms with Crippen LogP contribution in [-0.4, -0.2) is 16.9 Å². The highest BCUT2D eigenvalue weighted by Crippen LogP contribution is 2.48. The first kappa shape index (κ1) is 15.7. The predicted octanol–water partition coefficient (Wildman–Crippen LogP) is 3.34. The van der Waals surface area contributed by atoms with Gasteiger partial charge in [-0.05, 0) is 49.7 Å². The van der Waals surface area contributed by atoms with Gasteiger partial charge in [0, 0.05) is 6.04 Å². The number of para-hydroxylation sites is 1. The van der Waals surface area contributed by atoms with E-state index >= 15 is 0 Å². The summed E-state index contributed by atoms with van der Waals surface area (Å²) in [5.41, 5.74) is 8.36. The fourth-order valence-corrected chi connectivity index (χ4v) is 5.00. The first-order chi connectivity index (χ1) is 10.1. The Balaban J connectivity index is 0.00000144. The average Bonchev–Trinajstić information content (AvgIpc) is 3.12. The number of halogens is 1. The highest BCUT2D eigenvalue weighted by atomic mass is 35.5. The van der Waals surface area contributed by atoms with Crippen molar-refractivity contribution >= 4 is 45.0 Å². The van der Waals surface area contributed by atoms with Gasteiger partial charge in [0.1, 0.15) is 0 Å². The molecule has 4 unspecified atom stereocenters. The molecular formula is C16H20ClN3OS. The summed E-state index contributed by atoms with van der Waals surface area (Å²) in [5.74, 6) is 1.05. The molecule has 2 aliphatic carbocycles. The van der Waals surface area contributed by atoms with Crippen molar-refractivity contribution in [3.05, 3.63) is 23.8 Å². The number of hydrogen-bond acceptors (Lipinski definition) is 4. The van der Waals surface area contributed by atoms with Crippen LogP contribution in [0.2, 0.25) is 0 Å². The Bertz CT molecular complexity index is 714. The van der Waals surface area contributed by atoms with Crippen LogP contribution in [-0.2, 0) is 4.79 Å². The largest absolute Gasteiger partial charge is 0.327 e. The van der Waals surface area contributed by atoms with Crippen LogP contribution in [0, 0.1) is 24.7 Å². The van der Waals surface area contributed by atoms with Crippen LogP contribution >= 0.6 is 23.7 Å². The molecule has 1 amide bonds. The summed E-state index contributed by atoms with van der Waals surface area (Å²) in [6.45, 7) is 2.04.